The summed E-state index contributed by atoms with van der Waals surface area (Å²) < 4.78 is 10.5. The summed E-state index contributed by atoms with van der Waals surface area (Å²) in [5, 5.41) is 16.2. The minimum absolute atomic E-state index is 0.0872. The van der Waals surface area contributed by atoms with Crippen molar-refractivity contribution in [1.29, 1.82) is 0 Å². The van der Waals surface area contributed by atoms with Crippen LogP contribution in [0.1, 0.15) is 56.6 Å². The smallest absolute Gasteiger partial charge is 0.410 e. The molecular weight excluding hydrogens is 528 g/mol. The van der Waals surface area contributed by atoms with Crippen molar-refractivity contribution < 1.29 is 29.0 Å². The zero-order valence-corrected chi connectivity index (χ0v) is 23.6. The Bertz CT molecular complexity index is 1440. The van der Waals surface area contributed by atoms with Gasteiger partial charge < -0.3 is 35.8 Å². The van der Waals surface area contributed by atoms with Gasteiger partial charge in [0.25, 0.3) is 5.91 Å². The van der Waals surface area contributed by atoms with E-state index in [1.54, 1.807) is 31.3 Å². The maximum Gasteiger partial charge on any atom is 0.410 e. The van der Waals surface area contributed by atoms with Gasteiger partial charge in [-0.2, -0.15) is 0 Å². The average molecular weight is 565 g/mol. The van der Waals surface area contributed by atoms with Crippen LogP contribution in [0.15, 0.2) is 42.7 Å². The molecule has 5 N–H and O–H groups in total. The molecule has 41 heavy (non-hydrogen) atoms. The summed E-state index contributed by atoms with van der Waals surface area (Å²) in [6.45, 7) is 8.32. The van der Waals surface area contributed by atoms with Gasteiger partial charge >= 0.3 is 12.2 Å². The van der Waals surface area contributed by atoms with E-state index in [4.69, 9.17) is 15.2 Å². The minimum Gasteiger partial charge on any atom is -0.444 e. The molecule has 3 amide bonds. The van der Waals surface area contributed by atoms with E-state index in [9.17, 15) is 19.5 Å². The van der Waals surface area contributed by atoms with E-state index < -0.39 is 29.8 Å². The van der Waals surface area contributed by atoms with Crippen LogP contribution in [0.3, 0.4) is 0 Å². The van der Waals surface area contributed by atoms with Gasteiger partial charge in [-0.25, -0.2) is 14.6 Å². The van der Waals surface area contributed by atoms with E-state index >= 15 is 0 Å². The van der Waals surface area contributed by atoms with Crippen molar-refractivity contribution in [3.05, 3.63) is 54.0 Å². The van der Waals surface area contributed by atoms with Gasteiger partial charge in [0.05, 0.1) is 29.2 Å². The van der Waals surface area contributed by atoms with E-state index in [0.717, 1.165) is 18.4 Å². The summed E-state index contributed by atoms with van der Waals surface area (Å²) >= 11 is 0. The molecule has 0 radical (unpaired) electrons. The van der Waals surface area contributed by atoms with Crippen LogP contribution in [0, 0.1) is 0 Å². The lowest BCUT2D eigenvalue weighted by atomic mass is 10.0. The number of alkyl carbamates (subject to hydrolysis) is 1. The summed E-state index contributed by atoms with van der Waals surface area (Å²) in [6.07, 6.45) is 3.05. The quantitative estimate of drug-likeness (QED) is 0.334. The first-order valence-electron chi connectivity index (χ1n) is 13.5. The number of primary amides is 1. The number of nitrogens with two attached hydrogens (primary N) is 1. The monoisotopic (exact) mass is 564 g/mol. The Labute approximate surface area is 238 Å². The molecule has 3 aromatic rings. The lowest BCUT2D eigenvalue weighted by molar-refractivity contribution is 0.0499. The van der Waals surface area contributed by atoms with Gasteiger partial charge in [-0.1, -0.05) is 12.1 Å². The molecule has 2 aromatic heterocycles. The summed E-state index contributed by atoms with van der Waals surface area (Å²) in [7, 11) is 0. The second kappa shape index (κ2) is 12.4. The average Bonchev–Trinajstić information content (AvgIpc) is 2.87. The van der Waals surface area contributed by atoms with Gasteiger partial charge in [0.15, 0.2) is 11.4 Å². The number of fused-ring (bicyclic) bond motifs is 1. The number of nitrogens with one attached hydrogen (secondary N) is 2. The highest BCUT2D eigenvalue weighted by atomic mass is 16.6. The fraction of sp³-hybridized carbons (Fsp3) is 0.414. The van der Waals surface area contributed by atoms with Crippen LogP contribution < -0.4 is 26.0 Å². The summed E-state index contributed by atoms with van der Waals surface area (Å²) in [5.74, 6) is -0.713. The van der Waals surface area contributed by atoms with Crippen molar-refractivity contribution in [2.24, 2.45) is 5.73 Å². The van der Waals surface area contributed by atoms with E-state index in [1.807, 2.05) is 26.8 Å². The van der Waals surface area contributed by atoms with E-state index in [-0.39, 0.29) is 17.5 Å². The summed E-state index contributed by atoms with van der Waals surface area (Å²) in [5.41, 5.74) is 6.99. The Hall–Kier alpha value is -4.45. The van der Waals surface area contributed by atoms with Crippen LogP contribution in [0.4, 0.5) is 21.0 Å². The number of aromatic nitrogens is 2. The van der Waals surface area contributed by atoms with Gasteiger partial charge in [0, 0.05) is 30.7 Å². The highest BCUT2D eigenvalue weighted by Gasteiger charge is 2.27. The molecule has 1 saturated heterocycles. The third kappa shape index (κ3) is 8.04. The van der Waals surface area contributed by atoms with Crippen LogP contribution in [-0.4, -0.2) is 64.0 Å². The molecular formula is C29H36N6O6. The molecule has 218 valence electrons. The fourth-order valence-electron chi connectivity index (χ4n) is 4.74. The van der Waals surface area contributed by atoms with Crippen molar-refractivity contribution in [2.45, 2.75) is 64.7 Å². The number of benzene rings is 1. The predicted molar refractivity (Wildman–Crippen MR) is 154 cm³/mol. The number of aliphatic hydroxyl groups is 1. The molecule has 2 atom stereocenters. The second-order valence-electron chi connectivity index (χ2n) is 11.1. The van der Waals surface area contributed by atoms with Gasteiger partial charge in [0.1, 0.15) is 5.60 Å². The molecule has 1 fully saturated rings. The Morgan fingerprint density at radius 1 is 1.22 bits per heavy atom. The number of amides is 3. The normalized spacial score (nSPS) is 16.1. The standard InChI is InChI=1S/C29H36N6O6/c1-17(36)12-18-7-8-19-14-24(40-27(30)38)25(33-21(19)13-18)26(37)34-22-15-31-10-9-23(22)35-11-5-6-20(16-35)32-28(39)41-29(2,3)4/h7-10,13-15,17,20,36H,5-6,11-12,16H2,1-4H3,(H2,30,38)(H,32,39)(H,34,37)/t17?,20-/m0/s1. The van der Waals surface area contributed by atoms with Crippen molar-refractivity contribution in [3.8, 4) is 5.75 Å². The number of piperidine rings is 1. The van der Waals surface area contributed by atoms with Crippen molar-refractivity contribution in [2.75, 3.05) is 23.3 Å². The third-order valence-corrected chi connectivity index (χ3v) is 6.33. The van der Waals surface area contributed by atoms with Crippen LogP contribution in [0.5, 0.6) is 5.75 Å². The molecule has 0 spiro atoms. The first kappa shape index (κ1) is 29.5. The zero-order chi connectivity index (χ0) is 29.7. The van der Waals surface area contributed by atoms with Crippen LogP contribution >= 0.6 is 0 Å². The first-order chi connectivity index (χ1) is 19.4. The number of carbonyl (C=O) groups excluding carboxylic acids is 3. The maximum absolute atomic E-state index is 13.5. The van der Waals surface area contributed by atoms with Crippen LogP contribution in [0.25, 0.3) is 10.9 Å². The summed E-state index contributed by atoms with van der Waals surface area (Å²) in [4.78, 5) is 48.2. The number of hydrogen-bond acceptors (Lipinski definition) is 9. The number of ether oxygens (including phenoxy) is 2. The number of hydrogen-bond donors (Lipinski definition) is 4. The Kier molecular flexibility index (Phi) is 8.92. The predicted octanol–water partition coefficient (Wildman–Crippen LogP) is 3.76. The minimum atomic E-state index is -1.08. The number of pyridine rings is 2. The largest absolute Gasteiger partial charge is 0.444 e. The number of aliphatic hydroxyl groups excluding tert-OH is 1. The van der Waals surface area contributed by atoms with E-state index in [0.29, 0.717) is 41.8 Å². The highest BCUT2D eigenvalue weighted by Crippen LogP contribution is 2.30. The molecule has 12 nitrogen and oxygen atoms in total. The van der Waals surface area contributed by atoms with Crippen LogP contribution in [-0.2, 0) is 11.2 Å². The SMILES string of the molecule is CC(O)Cc1ccc2cc(OC(N)=O)c(C(=O)Nc3cnccc3N3CCC[C@H](NC(=O)OC(C)(C)C)C3)nc2c1. The second-order valence-corrected chi connectivity index (χ2v) is 11.1. The van der Waals surface area contributed by atoms with Gasteiger partial charge in [-0.15, -0.1) is 0 Å². The lowest BCUT2D eigenvalue weighted by Crippen LogP contribution is -2.49. The maximum atomic E-state index is 13.5. The number of anilines is 2. The molecule has 4 rings (SSSR count). The number of rotatable bonds is 7. The molecule has 1 aliphatic heterocycles. The topological polar surface area (TPSA) is 169 Å². The Morgan fingerprint density at radius 3 is 2.71 bits per heavy atom. The molecule has 12 heteroatoms. The highest BCUT2D eigenvalue weighted by molar-refractivity contribution is 6.08. The Morgan fingerprint density at radius 2 is 2.00 bits per heavy atom. The van der Waals surface area contributed by atoms with Gasteiger partial charge in [0.2, 0.25) is 0 Å². The van der Waals surface area contributed by atoms with E-state index in [2.05, 4.69) is 25.5 Å². The lowest BCUT2D eigenvalue weighted by Gasteiger charge is -2.35. The molecule has 1 unspecified atom stereocenters. The van der Waals surface area contributed by atoms with Crippen molar-refractivity contribution in [3.63, 3.8) is 0 Å². The summed E-state index contributed by atoms with van der Waals surface area (Å²) in [6, 6.07) is 8.53. The van der Waals surface area contributed by atoms with Gasteiger partial charge in [-0.05, 0) is 70.7 Å². The van der Waals surface area contributed by atoms with Crippen LogP contribution in [0.2, 0.25) is 0 Å². The molecule has 0 bridgehead atoms. The van der Waals surface area contributed by atoms with Crippen molar-refractivity contribution in [1.82, 2.24) is 15.3 Å². The van der Waals surface area contributed by atoms with Crippen molar-refractivity contribution >= 4 is 40.4 Å². The number of carbonyl (C=O) groups is 3. The Balaban J connectivity index is 1.58. The fourth-order valence-corrected chi connectivity index (χ4v) is 4.74. The third-order valence-electron chi connectivity index (χ3n) is 6.33. The van der Waals surface area contributed by atoms with Gasteiger partial charge in [-0.3, -0.25) is 9.78 Å². The molecule has 1 aliphatic rings. The van der Waals surface area contributed by atoms with E-state index in [1.165, 1.54) is 12.3 Å². The molecule has 3 heterocycles. The molecule has 0 aliphatic carbocycles. The molecule has 0 saturated carbocycles. The molecule has 1 aromatic carbocycles. The number of nitrogens with zero attached hydrogens (tertiary/aromatic N) is 3. The first-order valence-corrected chi connectivity index (χ1v) is 13.5. The zero-order valence-electron chi connectivity index (χ0n) is 23.6.